The second-order valence-electron chi connectivity index (χ2n) is 5.64. The van der Waals surface area contributed by atoms with Gasteiger partial charge in [-0.2, -0.15) is 0 Å². The number of piperidine rings is 1. The third-order valence-electron chi connectivity index (χ3n) is 3.70. The first kappa shape index (κ1) is 13.0. The molecule has 0 aromatic carbocycles. The Labute approximate surface area is 95.4 Å². The van der Waals surface area contributed by atoms with E-state index in [0.29, 0.717) is 0 Å². The number of likely N-dealkylation sites (tertiary alicyclic amines) is 1. The number of rotatable bonds is 5. The summed E-state index contributed by atoms with van der Waals surface area (Å²) in [6.45, 7) is 10.7. The molecule has 0 saturated carbocycles. The average molecular weight is 212 g/mol. The maximum atomic E-state index is 3.38. The van der Waals surface area contributed by atoms with E-state index in [9.17, 15) is 0 Å². The number of hydrogen-bond acceptors (Lipinski definition) is 2. The third kappa shape index (κ3) is 4.52. The summed E-state index contributed by atoms with van der Waals surface area (Å²) in [5.41, 5.74) is 0.262. The minimum Gasteiger partial charge on any atom is -0.314 e. The van der Waals surface area contributed by atoms with Crippen molar-refractivity contribution in [2.24, 2.45) is 5.92 Å². The summed E-state index contributed by atoms with van der Waals surface area (Å²) in [4.78, 5) is 2.61. The van der Waals surface area contributed by atoms with E-state index in [2.05, 4.69) is 38.0 Å². The van der Waals surface area contributed by atoms with Crippen LogP contribution >= 0.6 is 0 Å². The first-order valence-corrected chi connectivity index (χ1v) is 6.48. The molecule has 1 aliphatic heterocycles. The Kier molecular flexibility index (Phi) is 5.07. The quantitative estimate of drug-likeness (QED) is 0.753. The molecular formula is C13H28N2. The van der Waals surface area contributed by atoms with Gasteiger partial charge < -0.3 is 10.2 Å². The van der Waals surface area contributed by atoms with Gasteiger partial charge in [-0.1, -0.05) is 19.8 Å². The fraction of sp³-hybridized carbons (Fsp3) is 1.00. The molecule has 15 heavy (non-hydrogen) atoms. The molecule has 0 aromatic heterocycles. The Morgan fingerprint density at radius 3 is 2.33 bits per heavy atom. The highest BCUT2D eigenvalue weighted by molar-refractivity contribution is 4.82. The van der Waals surface area contributed by atoms with Crippen molar-refractivity contribution in [1.29, 1.82) is 0 Å². The molecule has 2 heteroatoms. The minimum absolute atomic E-state index is 0.262. The van der Waals surface area contributed by atoms with Gasteiger partial charge in [0.05, 0.1) is 0 Å². The predicted molar refractivity (Wildman–Crippen MR) is 67.2 cm³/mol. The van der Waals surface area contributed by atoms with Gasteiger partial charge in [0.15, 0.2) is 0 Å². The van der Waals surface area contributed by atoms with Gasteiger partial charge in [0.2, 0.25) is 0 Å². The standard InChI is InChI=1S/C13H28N2/c1-5-6-12-7-9-15(10-8-12)11-13(2,3)14-4/h12,14H,5-11H2,1-4H3. The minimum atomic E-state index is 0.262. The normalized spacial score (nSPS) is 20.8. The molecule has 1 rings (SSSR count). The summed E-state index contributed by atoms with van der Waals surface area (Å²) in [5.74, 6) is 1.00. The highest BCUT2D eigenvalue weighted by Gasteiger charge is 2.23. The molecule has 1 saturated heterocycles. The number of hydrogen-bond donors (Lipinski definition) is 1. The zero-order chi connectivity index (χ0) is 11.3. The van der Waals surface area contributed by atoms with E-state index in [1.165, 1.54) is 45.3 Å². The van der Waals surface area contributed by atoms with Crippen LogP contribution in [0.4, 0.5) is 0 Å². The predicted octanol–water partition coefficient (Wildman–Crippen LogP) is 2.50. The van der Waals surface area contributed by atoms with E-state index in [0.717, 1.165) is 5.92 Å². The summed E-state index contributed by atoms with van der Waals surface area (Å²) in [6, 6.07) is 0. The lowest BCUT2D eigenvalue weighted by atomic mass is 9.91. The van der Waals surface area contributed by atoms with Crippen LogP contribution in [0.2, 0.25) is 0 Å². The van der Waals surface area contributed by atoms with Crippen LogP contribution in [-0.2, 0) is 0 Å². The Hall–Kier alpha value is -0.0800. The molecule has 0 aromatic rings. The molecule has 0 bridgehead atoms. The van der Waals surface area contributed by atoms with Gasteiger partial charge in [-0.05, 0) is 52.7 Å². The van der Waals surface area contributed by atoms with Crippen LogP contribution in [0.3, 0.4) is 0 Å². The van der Waals surface area contributed by atoms with Crippen molar-refractivity contribution in [2.45, 2.75) is 52.0 Å². The first-order valence-electron chi connectivity index (χ1n) is 6.48. The lowest BCUT2D eigenvalue weighted by molar-refractivity contribution is 0.144. The molecular weight excluding hydrogens is 184 g/mol. The van der Waals surface area contributed by atoms with E-state index in [4.69, 9.17) is 0 Å². The highest BCUT2D eigenvalue weighted by atomic mass is 15.2. The second kappa shape index (κ2) is 5.86. The van der Waals surface area contributed by atoms with Gasteiger partial charge in [-0.3, -0.25) is 0 Å². The van der Waals surface area contributed by atoms with E-state index in [1.54, 1.807) is 0 Å². The number of likely N-dealkylation sites (N-methyl/N-ethyl adjacent to an activating group) is 1. The van der Waals surface area contributed by atoms with Crippen LogP contribution in [-0.4, -0.2) is 37.1 Å². The van der Waals surface area contributed by atoms with Crippen molar-refractivity contribution in [3.63, 3.8) is 0 Å². The SMILES string of the molecule is CCCC1CCN(CC(C)(C)NC)CC1. The summed E-state index contributed by atoms with van der Waals surface area (Å²) in [6.07, 6.45) is 5.61. The Morgan fingerprint density at radius 2 is 1.87 bits per heavy atom. The monoisotopic (exact) mass is 212 g/mol. The molecule has 90 valence electrons. The summed E-state index contributed by atoms with van der Waals surface area (Å²) in [7, 11) is 2.06. The Morgan fingerprint density at radius 1 is 1.27 bits per heavy atom. The van der Waals surface area contributed by atoms with Gasteiger partial charge in [0, 0.05) is 12.1 Å². The highest BCUT2D eigenvalue weighted by Crippen LogP contribution is 2.22. The molecule has 0 spiro atoms. The van der Waals surface area contributed by atoms with Gasteiger partial charge in [0.1, 0.15) is 0 Å². The van der Waals surface area contributed by atoms with E-state index in [-0.39, 0.29) is 5.54 Å². The maximum absolute atomic E-state index is 3.38. The molecule has 1 aliphatic rings. The van der Waals surface area contributed by atoms with Crippen molar-refractivity contribution in [2.75, 3.05) is 26.7 Å². The van der Waals surface area contributed by atoms with Crippen LogP contribution < -0.4 is 5.32 Å². The molecule has 2 nitrogen and oxygen atoms in total. The summed E-state index contributed by atoms with van der Waals surface area (Å²) in [5, 5.41) is 3.38. The lowest BCUT2D eigenvalue weighted by Gasteiger charge is -2.37. The summed E-state index contributed by atoms with van der Waals surface area (Å²) < 4.78 is 0. The molecule has 1 N–H and O–H groups in total. The van der Waals surface area contributed by atoms with Gasteiger partial charge in [-0.15, -0.1) is 0 Å². The second-order valence-corrected chi connectivity index (χ2v) is 5.64. The average Bonchev–Trinajstić information content (AvgIpc) is 2.21. The third-order valence-corrected chi connectivity index (χ3v) is 3.70. The van der Waals surface area contributed by atoms with Crippen LogP contribution in [0.25, 0.3) is 0 Å². The van der Waals surface area contributed by atoms with Crippen molar-refractivity contribution in [3.8, 4) is 0 Å². The zero-order valence-electron chi connectivity index (χ0n) is 11.0. The number of nitrogens with one attached hydrogen (secondary N) is 1. The van der Waals surface area contributed by atoms with Gasteiger partial charge in [0.25, 0.3) is 0 Å². The van der Waals surface area contributed by atoms with Gasteiger partial charge in [-0.25, -0.2) is 0 Å². The molecule has 1 heterocycles. The van der Waals surface area contributed by atoms with E-state index >= 15 is 0 Å². The first-order chi connectivity index (χ1) is 7.07. The lowest BCUT2D eigenvalue weighted by Crippen LogP contribution is -2.49. The molecule has 0 atom stereocenters. The summed E-state index contributed by atoms with van der Waals surface area (Å²) >= 11 is 0. The molecule has 1 fully saturated rings. The maximum Gasteiger partial charge on any atom is 0.0249 e. The van der Waals surface area contributed by atoms with Crippen LogP contribution in [0.5, 0.6) is 0 Å². The van der Waals surface area contributed by atoms with E-state index < -0.39 is 0 Å². The molecule has 0 radical (unpaired) electrons. The van der Waals surface area contributed by atoms with Crippen LogP contribution in [0, 0.1) is 5.92 Å². The largest absolute Gasteiger partial charge is 0.314 e. The molecule has 0 unspecified atom stereocenters. The van der Waals surface area contributed by atoms with Crippen molar-refractivity contribution in [1.82, 2.24) is 10.2 Å². The fourth-order valence-electron chi connectivity index (χ4n) is 2.48. The molecule has 0 amide bonds. The Bertz CT molecular complexity index is 169. The van der Waals surface area contributed by atoms with E-state index in [1.807, 2.05) is 0 Å². The fourth-order valence-corrected chi connectivity index (χ4v) is 2.48. The van der Waals surface area contributed by atoms with Crippen LogP contribution in [0.1, 0.15) is 46.5 Å². The Balaban J connectivity index is 2.25. The molecule has 0 aliphatic carbocycles. The zero-order valence-corrected chi connectivity index (χ0v) is 11.0. The number of nitrogens with zero attached hydrogens (tertiary/aromatic N) is 1. The topological polar surface area (TPSA) is 15.3 Å². The van der Waals surface area contributed by atoms with Crippen LogP contribution in [0.15, 0.2) is 0 Å². The van der Waals surface area contributed by atoms with Crippen molar-refractivity contribution < 1.29 is 0 Å². The van der Waals surface area contributed by atoms with Crippen molar-refractivity contribution >= 4 is 0 Å². The van der Waals surface area contributed by atoms with Gasteiger partial charge >= 0.3 is 0 Å². The smallest absolute Gasteiger partial charge is 0.0249 e. The van der Waals surface area contributed by atoms with Crippen molar-refractivity contribution in [3.05, 3.63) is 0 Å².